The predicted molar refractivity (Wildman–Crippen MR) is 138 cm³/mol. The first kappa shape index (κ1) is 23.2. The molecule has 2 amide bonds. The lowest BCUT2D eigenvalue weighted by Gasteiger charge is -2.22. The van der Waals surface area contributed by atoms with Crippen LogP contribution >= 0.6 is 11.3 Å². The normalized spacial score (nSPS) is 16.3. The third-order valence-corrected chi connectivity index (χ3v) is 7.23. The third kappa shape index (κ3) is 4.69. The Kier molecular flexibility index (Phi) is 6.36. The highest BCUT2D eigenvalue weighted by Crippen LogP contribution is 2.29. The average Bonchev–Trinajstić information content (AvgIpc) is 3.59. The fraction of sp³-hybridized carbons (Fsp3) is 0.308. The van der Waals surface area contributed by atoms with Gasteiger partial charge in [-0.1, -0.05) is 18.2 Å². The second kappa shape index (κ2) is 9.59. The lowest BCUT2D eigenvalue weighted by molar-refractivity contribution is -0.122. The second-order valence-corrected chi connectivity index (χ2v) is 10.1. The van der Waals surface area contributed by atoms with E-state index in [1.165, 1.54) is 0 Å². The number of amides is 2. The summed E-state index contributed by atoms with van der Waals surface area (Å²) in [5.41, 5.74) is 9.25. The summed E-state index contributed by atoms with van der Waals surface area (Å²) in [6, 6.07) is 13.4. The van der Waals surface area contributed by atoms with Crippen LogP contribution in [0.5, 0.6) is 0 Å². The average molecular weight is 489 g/mol. The van der Waals surface area contributed by atoms with E-state index in [-0.39, 0.29) is 23.9 Å². The molecule has 0 radical (unpaired) electrons. The van der Waals surface area contributed by atoms with Gasteiger partial charge in [0, 0.05) is 18.3 Å². The van der Waals surface area contributed by atoms with Gasteiger partial charge in [-0.2, -0.15) is 5.10 Å². The molecule has 9 heteroatoms. The molecule has 1 aliphatic heterocycles. The first-order valence-corrected chi connectivity index (χ1v) is 12.6. The largest absolute Gasteiger partial charge is 0.368 e. The van der Waals surface area contributed by atoms with E-state index in [0.29, 0.717) is 28.8 Å². The molecule has 8 nitrogen and oxygen atoms in total. The molecule has 0 spiro atoms. The van der Waals surface area contributed by atoms with Crippen LogP contribution in [-0.4, -0.2) is 44.1 Å². The number of pyridine rings is 1. The summed E-state index contributed by atoms with van der Waals surface area (Å²) in [7, 11) is 0. The highest BCUT2D eigenvalue weighted by Gasteiger charge is 2.28. The number of benzene rings is 1. The maximum Gasteiger partial charge on any atom is 0.256 e. The van der Waals surface area contributed by atoms with Crippen LogP contribution in [0.3, 0.4) is 0 Å². The summed E-state index contributed by atoms with van der Waals surface area (Å²) in [5, 5.41) is 10.3. The lowest BCUT2D eigenvalue weighted by Crippen LogP contribution is -2.39. The van der Waals surface area contributed by atoms with Gasteiger partial charge in [-0.25, -0.2) is 9.67 Å². The van der Waals surface area contributed by atoms with Crippen LogP contribution in [0.4, 0.5) is 5.69 Å². The number of nitrogens with two attached hydrogens (primary N) is 1. The number of carbonyl (C=O) groups is 2. The number of thiophene rings is 1. The number of fused-ring (bicyclic) bond motifs is 1. The van der Waals surface area contributed by atoms with Crippen molar-refractivity contribution in [2.45, 2.75) is 45.3 Å². The highest BCUT2D eigenvalue weighted by atomic mass is 32.1. The Morgan fingerprint density at radius 1 is 1.23 bits per heavy atom. The quantitative estimate of drug-likeness (QED) is 0.400. The maximum atomic E-state index is 13.5. The summed E-state index contributed by atoms with van der Waals surface area (Å²) < 4.78 is 1.84. The Balaban J connectivity index is 1.44. The number of anilines is 1. The molecule has 1 aliphatic rings. The molecular formula is C26H28N6O2S. The van der Waals surface area contributed by atoms with E-state index in [4.69, 9.17) is 10.7 Å². The Hall–Kier alpha value is -3.56. The molecular weight excluding hydrogens is 460 g/mol. The van der Waals surface area contributed by atoms with Gasteiger partial charge in [-0.3, -0.25) is 14.5 Å². The van der Waals surface area contributed by atoms with Crippen molar-refractivity contribution in [1.82, 2.24) is 19.7 Å². The Bertz CT molecular complexity index is 1380. The van der Waals surface area contributed by atoms with Crippen LogP contribution in [0.25, 0.3) is 21.6 Å². The van der Waals surface area contributed by atoms with Crippen molar-refractivity contribution >= 4 is 39.9 Å². The summed E-state index contributed by atoms with van der Waals surface area (Å²) >= 11 is 1.58. The van der Waals surface area contributed by atoms with Crippen molar-refractivity contribution in [2.75, 3.05) is 11.9 Å². The number of likely N-dealkylation sites (tertiary alicyclic amines) is 1. The van der Waals surface area contributed by atoms with Crippen molar-refractivity contribution < 1.29 is 9.59 Å². The first-order chi connectivity index (χ1) is 16.9. The molecule has 0 bridgehead atoms. The van der Waals surface area contributed by atoms with Crippen molar-refractivity contribution in [1.29, 1.82) is 0 Å². The van der Waals surface area contributed by atoms with E-state index < -0.39 is 0 Å². The molecule has 1 fully saturated rings. The zero-order valence-electron chi connectivity index (χ0n) is 19.8. The number of carbonyl (C=O) groups excluding carboxylic acids is 2. The van der Waals surface area contributed by atoms with E-state index in [1.807, 2.05) is 66.4 Å². The molecule has 5 rings (SSSR count). The molecule has 0 aliphatic carbocycles. The van der Waals surface area contributed by atoms with Crippen LogP contribution in [0, 0.1) is 0 Å². The number of nitrogens with one attached hydrogen (secondary N) is 1. The summed E-state index contributed by atoms with van der Waals surface area (Å²) in [6.45, 7) is 5.53. The summed E-state index contributed by atoms with van der Waals surface area (Å²) in [4.78, 5) is 33.2. The summed E-state index contributed by atoms with van der Waals surface area (Å²) in [6.07, 6.45) is 3.46. The SMILES string of the molecule is CC(C)n1ncc2c(C(=O)Nc3cccc(CN4CCCC4C(N)=O)c3)cc(-c3cccs3)nc21. The first-order valence-electron chi connectivity index (χ1n) is 11.8. The van der Waals surface area contributed by atoms with Gasteiger partial charge in [0.15, 0.2) is 5.65 Å². The fourth-order valence-electron chi connectivity index (χ4n) is 4.65. The van der Waals surface area contributed by atoms with Crippen molar-refractivity contribution in [3.63, 3.8) is 0 Å². The minimum Gasteiger partial charge on any atom is -0.368 e. The molecule has 1 atom stereocenters. The van der Waals surface area contributed by atoms with Gasteiger partial charge in [0.05, 0.1) is 33.8 Å². The Morgan fingerprint density at radius 3 is 2.83 bits per heavy atom. The van der Waals surface area contributed by atoms with E-state index in [9.17, 15) is 9.59 Å². The van der Waals surface area contributed by atoms with E-state index in [2.05, 4.69) is 15.3 Å². The maximum absolute atomic E-state index is 13.5. The molecule has 3 aromatic heterocycles. The number of hydrogen-bond acceptors (Lipinski definition) is 6. The van der Waals surface area contributed by atoms with Gasteiger partial charge >= 0.3 is 0 Å². The molecule has 0 saturated carbocycles. The van der Waals surface area contributed by atoms with Crippen molar-refractivity contribution in [3.8, 4) is 10.6 Å². The van der Waals surface area contributed by atoms with Crippen molar-refractivity contribution in [3.05, 3.63) is 65.2 Å². The highest BCUT2D eigenvalue weighted by molar-refractivity contribution is 7.13. The minimum atomic E-state index is -0.280. The molecule has 35 heavy (non-hydrogen) atoms. The zero-order chi connectivity index (χ0) is 24.5. The molecule has 1 saturated heterocycles. The zero-order valence-corrected chi connectivity index (χ0v) is 20.6. The second-order valence-electron chi connectivity index (χ2n) is 9.14. The van der Waals surface area contributed by atoms with E-state index in [1.54, 1.807) is 17.5 Å². The molecule has 1 aromatic carbocycles. The monoisotopic (exact) mass is 488 g/mol. The molecule has 4 aromatic rings. The van der Waals surface area contributed by atoms with E-state index in [0.717, 1.165) is 35.5 Å². The van der Waals surface area contributed by atoms with Crippen LogP contribution < -0.4 is 11.1 Å². The van der Waals surface area contributed by atoms with Gasteiger partial charge < -0.3 is 11.1 Å². The number of primary amides is 1. The van der Waals surface area contributed by atoms with Gasteiger partial charge in [0.2, 0.25) is 5.91 Å². The van der Waals surface area contributed by atoms with Gasteiger partial charge in [0.1, 0.15) is 0 Å². The summed E-state index contributed by atoms with van der Waals surface area (Å²) in [5.74, 6) is -0.496. The Labute approximate surface area is 207 Å². The fourth-order valence-corrected chi connectivity index (χ4v) is 5.34. The van der Waals surface area contributed by atoms with Crippen LogP contribution in [0.1, 0.15) is 48.7 Å². The van der Waals surface area contributed by atoms with Gasteiger partial charge in [-0.05, 0) is 68.4 Å². The molecule has 180 valence electrons. The van der Waals surface area contributed by atoms with Gasteiger partial charge in [-0.15, -0.1) is 11.3 Å². The Morgan fingerprint density at radius 2 is 2.09 bits per heavy atom. The van der Waals surface area contributed by atoms with Crippen LogP contribution in [0.2, 0.25) is 0 Å². The standard InChI is InChI=1S/C26H28N6O2S/c1-16(2)32-25-20(14-28-32)19(13-21(30-25)23-9-5-11-35-23)26(34)29-18-7-3-6-17(12-18)15-31-10-4-8-22(31)24(27)33/h3,5-7,9,11-14,16,22H,4,8,10,15H2,1-2H3,(H2,27,33)(H,29,34). The number of hydrogen-bond donors (Lipinski definition) is 2. The smallest absolute Gasteiger partial charge is 0.256 e. The lowest BCUT2D eigenvalue weighted by atomic mass is 10.1. The van der Waals surface area contributed by atoms with Crippen LogP contribution in [-0.2, 0) is 11.3 Å². The minimum absolute atomic E-state index is 0.112. The predicted octanol–water partition coefficient (Wildman–Crippen LogP) is 4.44. The molecule has 1 unspecified atom stereocenters. The van der Waals surface area contributed by atoms with Crippen molar-refractivity contribution in [2.24, 2.45) is 5.73 Å². The van der Waals surface area contributed by atoms with Gasteiger partial charge in [0.25, 0.3) is 5.91 Å². The number of nitrogens with zero attached hydrogens (tertiary/aromatic N) is 4. The molecule has 3 N–H and O–H groups in total. The van der Waals surface area contributed by atoms with E-state index >= 15 is 0 Å². The van der Waals surface area contributed by atoms with Crippen LogP contribution in [0.15, 0.2) is 54.0 Å². The number of aromatic nitrogens is 3. The molecule has 4 heterocycles. The third-order valence-electron chi connectivity index (χ3n) is 6.34. The number of rotatable bonds is 7. The topological polar surface area (TPSA) is 106 Å².